The van der Waals surface area contributed by atoms with E-state index in [1.807, 2.05) is 0 Å². The molecular formula is C29H29BrFNO6. The molecule has 0 unspecified atom stereocenters. The van der Waals surface area contributed by atoms with Crippen molar-refractivity contribution in [2.75, 3.05) is 20.3 Å². The Morgan fingerprint density at radius 2 is 1.97 bits per heavy atom. The Labute approximate surface area is 228 Å². The molecule has 5 rings (SSSR count). The van der Waals surface area contributed by atoms with Gasteiger partial charge in [0.05, 0.1) is 23.3 Å². The Bertz CT molecular complexity index is 1330. The van der Waals surface area contributed by atoms with Crippen molar-refractivity contribution in [3.05, 3.63) is 80.4 Å². The summed E-state index contributed by atoms with van der Waals surface area (Å²) in [5.74, 6) is -1.69. The minimum Gasteiger partial charge on any atom is -0.503 e. The van der Waals surface area contributed by atoms with Crippen LogP contribution in [0.4, 0.5) is 4.39 Å². The third kappa shape index (κ3) is 5.09. The molecule has 0 spiro atoms. The normalized spacial score (nSPS) is 23.3. The van der Waals surface area contributed by atoms with Crippen LogP contribution in [0.25, 0.3) is 0 Å². The third-order valence-corrected chi connectivity index (χ3v) is 8.02. The smallest absolute Gasteiger partial charge is 0.336 e. The highest BCUT2D eigenvalue weighted by Crippen LogP contribution is 2.48. The van der Waals surface area contributed by atoms with Crippen LogP contribution in [0, 0.1) is 5.82 Å². The fraction of sp³-hybridized carbons (Fsp3) is 0.379. The van der Waals surface area contributed by atoms with Gasteiger partial charge in [-0.1, -0.05) is 12.1 Å². The van der Waals surface area contributed by atoms with Gasteiger partial charge in [-0.3, -0.25) is 4.79 Å². The van der Waals surface area contributed by atoms with Gasteiger partial charge in [0.2, 0.25) is 0 Å². The van der Waals surface area contributed by atoms with Crippen LogP contribution >= 0.6 is 15.9 Å². The SMILES string of the molecule is COc1cc([C@@H]2C(C(=O)OC[C@H]3CCCO3)=C(C)NC3=C2C(=O)C[C@H](c2ccc(F)cc2)C3)cc(Br)c1O. The van der Waals surface area contributed by atoms with Crippen LogP contribution in [0.1, 0.15) is 55.6 Å². The minimum atomic E-state index is -0.726. The zero-order chi connectivity index (χ0) is 27.0. The summed E-state index contributed by atoms with van der Waals surface area (Å²) in [5.41, 5.74) is 3.60. The average molecular weight is 586 g/mol. The number of rotatable bonds is 6. The Kier molecular flexibility index (Phi) is 7.59. The Hall–Kier alpha value is -3.17. The number of phenols is 1. The maximum atomic E-state index is 13.8. The van der Waals surface area contributed by atoms with Gasteiger partial charge >= 0.3 is 5.97 Å². The molecule has 38 heavy (non-hydrogen) atoms. The summed E-state index contributed by atoms with van der Waals surface area (Å²) in [4.78, 5) is 27.3. The summed E-state index contributed by atoms with van der Waals surface area (Å²) >= 11 is 3.37. The molecule has 2 aromatic carbocycles. The van der Waals surface area contributed by atoms with E-state index < -0.39 is 11.9 Å². The summed E-state index contributed by atoms with van der Waals surface area (Å²) in [6.45, 7) is 2.57. The molecule has 1 aliphatic carbocycles. The molecule has 3 atom stereocenters. The van der Waals surface area contributed by atoms with Gasteiger partial charge in [-0.2, -0.15) is 0 Å². The standard InChI is InChI=1S/C29H29BrFNO6/c1-15-25(29(35)38-14-20-4-3-9-37-20)26(18-10-21(30)28(34)24(13-18)36-2)27-22(32-15)11-17(12-23(27)33)16-5-7-19(31)8-6-16/h5-8,10,13,17,20,26,32,34H,3-4,9,11-12,14H2,1-2H3/t17-,20-,26-/m1/s1. The van der Waals surface area contributed by atoms with E-state index in [1.165, 1.54) is 19.2 Å². The molecule has 0 radical (unpaired) electrons. The van der Waals surface area contributed by atoms with Crippen LogP contribution in [-0.2, 0) is 19.1 Å². The number of ether oxygens (including phenoxy) is 3. The largest absolute Gasteiger partial charge is 0.503 e. The van der Waals surface area contributed by atoms with Gasteiger partial charge in [0.15, 0.2) is 17.3 Å². The van der Waals surface area contributed by atoms with Gasteiger partial charge in [-0.15, -0.1) is 0 Å². The Balaban J connectivity index is 1.55. The van der Waals surface area contributed by atoms with E-state index in [4.69, 9.17) is 14.2 Å². The van der Waals surface area contributed by atoms with Gasteiger partial charge in [-0.25, -0.2) is 9.18 Å². The summed E-state index contributed by atoms with van der Waals surface area (Å²) < 4.78 is 30.6. The molecule has 1 saturated heterocycles. The molecule has 0 bridgehead atoms. The topological polar surface area (TPSA) is 94.1 Å². The third-order valence-electron chi connectivity index (χ3n) is 7.42. The van der Waals surface area contributed by atoms with Crippen molar-refractivity contribution in [1.82, 2.24) is 5.32 Å². The average Bonchev–Trinajstić information content (AvgIpc) is 3.42. The molecule has 200 valence electrons. The minimum absolute atomic E-state index is 0.0751. The van der Waals surface area contributed by atoms with Crippen molar-refractivity contribution >= 4 is 27.7 Å². The van der Waals surface area contributed by atoms with Gasteiger partial charge in [-0.05, 0) is 83.4 Å². The van der Waals surface area contributed by atoms with Crippen LogP contribution < -0.4 is 10.1 Å². The molecule has 0 saturated carbocycles. The lowest BCUT2D eigenvalue weighted by molar-refractivity contribution is -0.142. The monoisotopic (exact) mass is 585 g/mol. The van der Waals surface area contributed by atoms with Crippen LogP contribution in [0.15, 0.2) is 63.4 Å². The molecule has 0 amide bonds. The number of esters is 1. The molecule has 2 aliphatic heterocycles. The van der Waals surface area contributed by atoms with E-state index in [1.54, 1.807) is 31.2 Å². The zero-order valence-corrected chi connectivity index (χ0v) is 22.8. The molecule has 2 aromatic rings. The number of ketones is 1. The second-order valence-corrected chi connectivity index (χ2v) is 10.7. The van der Waals surface area contributed by atoms with E-state index in [0.717, 1.165) is 24.1 Å². The fourth-order valence-corrected chi connectivity index (χ4v) is 6.01. The predicted molar refractivity (Wildman–Crippen MR) is 141 cm³/mol. The first-order chi connectivity index (χ1) is 18.3. The number of dihydropyridines is 1. The number of nitrogens with one attached hydrogen (secondary N) is 1. The molecule has 2 heterocycles. The Morgan fingerprint density at radius 1 is 1.21 bits per heavy atom. The lowest BCUT2D eigenvalue weighted by Crippen LogP contribution is -2.36. The molecule has 7 nitrogen and oxygen atoms in total. The van der Waals surface area contributed by atoms with Crippen molar-refractivity contribution in [3.8, 4) is 11.5 Å². The van der Waals surface area contributed by atoms with E-state index in [2.05, 4.69) is 21.2 Å². The van der Waals surface area contributed by atoms with Crippen LogP contribution in [0.2, 0.25) is 0 Å². The van der Waals surface area contributed by atoms with Crippen molar-refractivity contribution in [3.63, 3.8) is 0 Å². The molecule has 2 N–H and O–H groups in total. The number of hydrogen-bond acceptors (Lipinski definition) is 7. The number of aromatic hydroxyl groups is 1. The van der Waals surface area contributed by atoms with Crippen molar-refractivity contribution in [2.24, 2.45) is 0 Å². The van der Waals surface area contributed by atoms with Crippen LogP contribution in [-0.4, -0.2) is 43.3 Å². The fourth-order valence-electron chi connectivity index (χ4n) is 5.55. The van der Waals surface area contributed by atoms with E-state index in [9.17, 15) is 19.1 Å². The molecule has 9 heteroatoms. The number of halogens is 2. The van der Waals surface area contributed by atoms with Crippen molar-refractivity contribution in [1.29, 1.82) is 0 Å². The molecule has 3 aliphatic rings. The second kappa shape index (κ2) is 10.9. The number of methoxy groups -OCH3 is 1. The maximum absolute atomic E-state index is 13.8. The van der Waals surface area contributed by atoms with Crippen molar-refractivity contribution < 1.29 is 33.3 Å². The molecular weight excluding hydrogens is 557 g/mol. The first kappa shape index (κ1) is 26.4. The lowest BCUT2D eigenvalue weighted by atomic mass is 9.71. The molecule has 1 fully saturated rings. The number of phenolic OH excluding ortho intramolecular Hbond substituents is 1. The number of carbonyl (C=O) groups excluding carboxylic acids is 2. The highest BCUT2D eigenvalue weighted by molar-refractivity contribution is 9.10. The maximum Gasteiger partial charge on any atom is 0.336 e. The number of Topliss-reactive ketones (excluding diaryl/α,β-unsaturated/α-hetero) is 1. The van der Waals surface area contributed by atoms with Crippen LogP contribution in [0.5, 0.6) is 11.5 Å². The summed E-state index contributed by atoms with van der Waals surface area (Å²) in [6.07, 6.45) is 2.36. The number of allylic oxidation sites excluding steroid dienone is 3. The first-order valence-corrected chi connectivity index (χ1v) is 13.4. The van der Waals surface area contributed by atoms with E-state index in [0.29, 0.717) is 39.9 Å². The summed E-state index contributed by atoms with van der Waals surface area (Å²) in [6, 6.07) is 9.54. The summed E-state index contributed by atoms with van der Waals surface area (Å²) in [5, 5.41) is 13.7. The Morgan fingerprint density at radius 3 is 2.66 bits per heavy atom. The van der Waals surface area contributed by atoms with Crippen LogP contribution in [0.3, 0.4) is 0 Å². The van der Waals surface area contributed by atoms with E-state index >= 15 is 0 Å². The number of benzene rings is 2. The highest BCUT2D eigenvalue weighted by Gasteiger charge is 2.42. The number of carbonyl (C=O) groups is 2. The quantitative estimate of drug-likeness (QED) is 0.439. The number of hydrogen-bond donors (Lipinski definition) is 2. The highest BCUT2D eigenvalue weighted by atomic mass is 79.9. The predicted octanol–water partition coefficient (Wildman–Crippen LogP) is 5.39. The molecule has 0 aromatic heterocycles. The van der Waals surface area contributed by atoms with E-state index in [-0.39, 0.29) is 48.1 Å². The van der Waals surface area contributed by atoms with Crippen molar-refractivity contribution in [2.45, 2.75) is 50.5 Å². The van der Waals surface area contributed by atoms with Gasteiger partial charge < -0.3 is 24.6 Å². The van der Waals surface area contributed by atoms with Gasteiger partial charge in [0, 0.05) is 35.9 Å². The van der Waals surface area contributed by atoms with Gasteiger partial charge in [0.25, 0.3) is 0 Å². The summed E-state index contributed by atoms with van der Waals surface area (Å²) in [7, 11) is 1.44. The zero-order valence-electron chi connectivity index (χ0n) is 21.2. The van der Waals surface area contributed by atoms with Gasteiger partial charge in [0.1, 0.15) is 12.4 Å². The lowest BCUT2D eigenvalue weighted by Gasteiger charge is -2.37. The first-order valence-electron chi connectivity index (χ1n) is 12.6. The second-order valence-electron chi connectivity index (χ2n) is 9.86.